The number of ether oxygens (including phenoxy) is 1. The Morgan fingerprint density at radius 3 is 2.33 bits per heavy atom. The van der Waals surface area contributed by atoms with Gasteiger partial charge in [-0.05, 0) is 13.8 Å². The van der Waals surface area contributed by atoms with Crippen molar-refractivity contribution in [2.24, 2.45) is 4.99 Å². The van der Waals surface area contributed by atoms with Crippen LogP contribution in [0.25, 0.3) is 0 Å². The molecule has 0 aliphatic rings. The van der Waals surface area contributed by atoms with Gasteiger partial charge in [0, 0.05) is 12.6 Å². The number of rotatable bonds is 2. The average molecular weight is 127 g/mol. The van der Waals surface area contributed by atoms with E-state index in [1.54, 1.807) is 7.05 Å². The van der Waals surface area contributed by atoms with Crippen molar-refractivity contribution < 1.29 is 4.74 Å². The summed E-state index contributed by atoms with van der Waals surface area (Å²) in [6, 6.07) is 0. The molecule has 0 aromatic rings. The van der Waals surface area contributed by atoms with E-state index in [9.17, 15) is 0 Å². The van der Waals surface area contributed by atoms with Crippen LogP contribution >= 0.6 is 0 Å². The highest BCUT2D eigenvalue weighted by Gasteiger charge is 1.95. The third kappa shape index (κ3) is 2.90. The summed E-state index contributed by atoms with van der Waals surface area (Å²) in [7, 11) is 1.69. The predicted octanol–water partition coefficient (Wildman–Crippen LogP) is 1.63. The molecule has 9 heavy (non-hydrogen) atoms. The van der Waals surface area contributed by atoms with Gasteiger partial charge in [0.1, 0.15) is 0 Å². The summed E-state index contributed by atoms with van der Waals surface area (Å²) in [6.07, 6.45) is 0. The molecule has 0 heterocycles. The van der Waals surface area contributed by atoms with E-state index in [2.05, 4.69) is 11.6 Å². The highest BCUT2D eigenvalue weighted by atomic mass is 16.5. The van der Waals surface area contributed by atoms with Crippen molar-refractivity contribution in [1.82, 2.24) is 0 Å². The fourth-order valence-electron chi connectivity index (χ4n) is 0.515. The second-order valence-corrected chi connectivity index (χ2v) is 1.74. The quantitative estimate of drug-likeness (QED) is 0.408. The summed E-state index contributed by atoms with van der Waals surface area (Å²) in [5, 5.41) is 0. The van der Waals surface area contributed by atoms with Gasteiger partial charge in [-0.1, -0.05) is 6.58 Å². The molecule has 0 aromatic carbocycles. The second kappa shape index (κ2) is 4.13. The van der Waals surface area contributed by atoms with E-state index in [-0.39, 0.29) is 0 Å². The topological polar surface area (TPSA) is 21.6 Å². The average Bonchev–Trinajstić information content (AvgIpc) is 1.82. The van der Waals surface area contributed by atoms with E-state index in [1.807, 2.05) is 13.8 Å². The molecular formula is C7H13NO. The number of nitrogens with zero attached hydrogens (tertiary/aromatic N) is 1. The number of hydrogen-bond acceptors (Lipinski definition) is 2. The molecule has 0 N–H and O–H groups in total. The Labute approximate surface area is 56.2 Å². The molecule has 0 aliphatic heterocycles. The van der Waals surface area contributed by atoms with Gasteiger partial charge in [0.2, 0.25) is 5.90 Å². The first kappa shape index (κ1) is 8.21. The lowest BCUT2D eigenvalue weighted by atomic mass is 10.3. The molecule has 0 amide bonds. The van der Waals surface area contributed by atoms with Crippen LogP contribution in [0.4, 0.5) is 0 Å². The minimum absolute atomic E-state index is 0.650. The summed E-state index contributed by atoms with van der Waals surface area (Å²) >= 11 is 0. The summed E-state index contributed by atoms with van der Waals surface area (Å²) < 4.78 is 5.10. The van der Waals surface area contributed by atoms with Crippen LogP contribution in [0.3, 0.4) is 0 Å². The normalized spacial score (nSPS) is 11.2. The summed E-state index contributed by atoms with van der Waals surface area (Å²) in [4.78, 5) is 3.87. The Kier molecular flexibility index (Phi) is 3.76. The largest absolute Gasteiger partial charge is 0.478 e. The van der Waals surface area contributed by atoms with Crippen molar-refractivity contribution in [1.29, 1.82) is 0 Å². The lowest BCUT2D eigenvalue weighted by Crippen LogP contribution is -2.04. The maximum absolute atomic E-state index is 5.10. The minimum Gasteiger partial charge on any atom is -0.478 e. The first-order valence-electron chi connectivity index (χ1n) is 2.97. The maximum atomic E-state index is 5.10. The van der Waals surface area contributed by atoms with Crippen LogP contribution < -0.4 is 0 Å². The van der Waals surface area contributed by atoms with E-state index in [0.717, 1.165) is 5.57 Å². The zero-order valence-corrected chi connectivity index (χ0v) is 6.27. The zero-order chi connectivity index (χ0) is 7.28. The Morgan fingerprint density at radius 1 is 1.67 bits per heavy atom. The van der Waals surface area contributed by atoms with Gasteiger partial charge in [0.15, 0.2) is 0 Å². The van der Waals surface area contributed by atoms with Crippen LogP contribution in [0, 0.1) is 0 Å². The van der Waals surface area contributed by atoms with Crippen LogP contribution in [0.5, 0.6) is 0 Å². The third-order valence-electron chi connectivity index (χ3n) is 0.849. The Balaban J connectivity index is 3.85. The first-order valence-corrected chi connectivity index (χ1v) is 2.97. The molecular weight excluding hydrogens is 114 g/mol. The molecule has 0 aliphatic carbocycles. The van der Waals surface area contributed by atoms with Gasteiger partial charge in [0.25, 0.3) is 0 Å². The molecule has 0 saturated heterocycles. The van der Waals surface area contributed by atoms with E-state index in [4.69, 9.17) is 4.74 Å². The molecule has 2 heteroatoms. The Hall–Kier alpha value is -0.790. The van der Waals surface area contributed by atoms with Crippen molar-refractivity contribution in [3.63, 3.8) is 0 Å². The summed E-state index contributed by atoms with van der Waals surface area (Å²) in [6.45, 7) is 8.14. The van der Waals surface area contributed by atoms with Gasteiger partial charge in [-0.2, -0.15) is 0 Å². The molecule has 2 nitrogen and oxygen atoms in total. The highest BCUT2D eigenvalue weighted by Crippen LogP contribution is 1.93. The molecule has 0 aromatic heterocycles. The minimum atomic E-state index is 0.650. The molecule has 0 unspecified atom stereocenters. The molecule has 0 radical (unpaired) electrons. The first-order chi connectivity index (χ1) is 4.22. The smallest absolute Gasteiger partial charge is 0.210 e. The second-order valence-electron chi connectivity index (χ2n) is 1.74. The molecule has 0 atom stereocenters. The SMILES string of the molecule is C=C(C)C(=NC)OCC. The molecule has 0 spiro atoms. The van der Waals surface area contributed by atoms with Crippen molar-refractivity contribution in [3.8, 4) is 0 Å². The van der Waals surface area contributed by atoms with Crippen LogP contribution in [-0.2, 0) is 4.74 Å². The van der Waals surface area contributed by atoms with Crippen molar-refractivity contribution >= 4 is 5.90 Å². The van der Waals surface area contributed by atoms with E-state index in [1.165, 1.54) is 0 Å². The van der Waals surface area contributed by atoms with Crippen LogP contribution in [-0.4, -0.2) is 19.6 Å². The molecule has 0 bridgehead atoms. The third-order valence-corrected chi connectivity index (χ3v) is 0.849. The van der Waals surface area contributed by atoms with Gasteiger partial charge in [-0.25, -0.2) is 0 Å². The standard InChI is InChI=1S/C7H13NO/c1-5-9-7(8-4)6(2)3/h2,5H2,1,3-4H3. The van der Waals surface area contributed by atoms with Crippen molar-refractivity contribution in [2.75, 3.05) is 13.7 Å². The summed E-state index contributed by atoms with van der Waals surface area (Å²) in [5.41, 5.74) is 0.874. The Morgan fingerprint density at radius 2 is 2.22 bits per heavy atom. The lowest BCUT2D eigenvalue weighted by Gasteiger charge is -2.03. The van der Waals surface area contributed by atoms with Crippen molar-refractivity contribution in [3.05, 3.63) is 12.2 Å². The molecule has 0 fully saturated rings. The van der Waals surface area contributed by atoms with Gasteiger partial charge in [0.05, 0.1) is 6.61 Å². The number of aliphatic imine (C=N–C) groups is 1. The maximum Gasteiger partial charge on any atom is 0.210 e. The zero-order valence-electron chi connectivity index (χ0n) is 6.27. The molecule has 0 saturated carbocycles. The fraction of sp³-hybridized carbons (Fsp3) is 0.571. The van der Waals surface area contributed by atoms with Crippen LogP contribution in [0.15, 0.2) is 17.1 Å². The number of hydrogen-bond donors (Lipinski definition) is 0. The van der Waals surface area contributed by atoms with Gasteiger partial charge in [-0.15, -0.1) is 0 Å². The van der Waals surface area contributed by atoms with Crippen molar-refractivity contribution in [2.45, 2.75) is 13.8 Å². The molecule has 0 rings (SSSR count). The highest BCUT2D eigenvalue weighted by molar-refractivity contribution is 5.92. The van der Waals surface area contributed by atoms with E-state index in [0.29, 0.717) is 12.5 Å². The molecule has 52 valence electrons. The summed E-state index contributed by atoms with van der Waals surface area (Å²) in [5.74, 6) is 0.650. The Bertz CT molecular complexity index is 127. The monoisotopic (exact) mass is 127 g/mol. The van der Waals surface area contributed by atoms with Crippen LogP contribution in [0.2, 0.25) is 0 Å². The van der Waals surface area contributed by atoms with E-state index < -0.39 is 0 Å². The predicted molar refractivity (Wildman–Crippen MR) is 39.8 cm³/mol. The fourth-order valence-corrected chi connectivity index (χ4v) is 0.515. The van der Waals surface area contributed by atoms with Crippen LogP contribution in [0.1, 0.15) is 13.8 Å². The van der Waals surface area contributed by atoms with E-state index >= 15 is 0 Å². The van der Waals surface area contributed by atoms with Gasteiger partial charge >= 0.3 is 0 Å². The van der Waals surface area contributed by atoms with Gasteiger partial charge in [-0.3, -0.25) is 4.99 Å². The lowest BCUT2D eigenvalue weighted by molar-refractivity contribution is 0.327. The van der Waals surface area contributed by atoms with Gasteiger partial charge < -0.3 is 4.74 Å².